The fraction of sp³-hybridized carbons (Fsp3) is 0.182. The lowest BCUT2D eigenvalue weighted by Gasteiger charge is -2.21. The van der Waals surface area contributed by atoms with Crippen LogP contribution in [0.25, 0.3) is 0 Å². The van der Waals surface area contributed by atoms with Crippen LogP contribution in [0.3, 0.4) is 0 Å². The third-order valence-electron chi connectivity index (χ3n) is 4.13. The number of ether oxygens (including phenoxy) is 1. The van der Waals surface area contributed by atoms with E-state index in [4.69, 9.17) is 17.0 Å². The lowest BCUT2D eigenvalue weighted by Crippen LogP contribution is -2.33. The van der Waals surface area contributed by atoms with Crippen molar-refractivity contribution in [1.29, 1.82) is 0 Å². The molecule has 2 aromatic carbocycles. The molecule has 2 rings (SSSR count). The van der Waals surface area contributed by atoms with Gasteiger partial charge in [-0.05, 0) is 67.5 Å². The number of thiocarbonyl (C=S) groups is 1. The molecule has 0 aromatic heterocycles. The summed E-state index contributed by atoms with van der Waals surface area (Å²) in [7, 11) is 0. The summed E-state index contributed by atoms with van der Waals surface area (Å²) < 4.78 is 5.70. The topological polar surface area (TPSA) is 41.6 Å². The van der Waals surface area contributed by atoms with Crippen LogP contribution in [0.4, 0.5) is 5.69 Å². The van der Waals surface area contributed by atoms with Crippen LogP contribution < -0.4 is 10.1 Å². The van der Waals surface area contributed by atoms with E-state index < -0.39 is 0 Å². The van der Waals surface area contributed by atoms with E-state index in [0.717, 1.165) is 16.8 Å². The van der Waals surface area contributed by atoms with Gasteiger partial charge in [0.05, 0.1) is 0 Å². The van der Waals surface area contributed by atoms with Crippen molar-refractivity contribution < 1.29 is 9.53 Å². The summed E-state index contributed by atoms with van der Waals surface area (Å²) in [6, 6.07) is 12.7. The molecule has 0 saturated heterocycles. The smallest absolute Gasteiger partial charge is 0.265 e. The monoisotopic (exact) mass is 380 g/mol. The molecule has 0 atom stereocenters. The fourth-order valence-electron chi connectivity index (χ4n) is 2.46. The number of nitrogens with one attached hydrogen (secondary N) is 1. The predicted molar refractivity (Wildman–Crippen MR) is 116 cm³/mol. The summed E-state index contributed by atoms with van der Waals surface area (Å²) >= 11 is 5.31. The molecule has 2 aromatic rings. The summed E-state index contributed by atoms with van der Waals surface area (Å²) in [5.41, 5.74) is 3.54. The summed E-state index contributed by atoms with van der Waals surface area (Å²) in [5.74, 6) is 0.402. The molecule has 4 nitrogen and oxygen atoms in total. The zero-order chi connectivity index (χ0) is 19.8. The van der Waals surface area contributed by atoms with Gasteiger partial charge in [-0.3, -0.25) is 4.79 Å². The fourth-order valence-corrected chi connectivity index (χ4v) is 2.70. The van der Waals surface area contributed by atoms with Crippen LogP contribution in [0.1, 0.15) is 21.5 Å². The number of rotatable bonds is 7. The van der Waals surface area contributed by atoms with Gasteiger partial charge in [-0.2, -0.15) is 0 Å². The molecule has 0 bridgehead atoms. The number of aryl methyl sites for hydroxylation is 1. The molecule has 0 aliphatic carbocycles. The van der Waals surface area contributed by atoms with E-state index in [9.17, 15) is 4.79 Å². The maximum atomic E-state index is 12.5. The van der Waals surface area contributed by atoms with Crippen molar-refractivity contribution >= 4 is 29.0 Å². The minimum absolute atomic E-state index is 0.169. The highest BCUT2D eigenvalue weighted by atomic mass is 32.1. The molecule has 1 N–H and O–H groups in total. The van der Waals surface area contributed by atoms with Crippen molar-refractivity contribution in [3.63, 3.8) is 0 Å². The number of carbonyl (C=O) groups excluding carboxylic acids is 1. The largest absolute Gasteiger partial charge is 0.432 e. The number of hydrogen-bond donors (Lipinski definition) is 1. The maximum absolute atomic E-state index is 12.5. The van der Waals surface area contributed by atoms with Crippen molar-refractivity contribution in [2.75, 3.05) is 18.4 Å². The molecule has 0 fully saturated rings. The van der Waals surface area contributed by atoms with Crippen LogP contribution in [-0.2, 0) is 0 Å². The van der Waals surface area contributed by atoms with Gasteiger partial charge in [0.2, 0.25) is 0 Å². The van der Waals surface area contributed by atoms with Gasteiger partial charge in [-0.1, -0.05) is 24.3 Å². The first-order chi connectivity index (χ1) is 13.0. The van der Waals surface area contributed by atoms with Crippen molar-refractivity contribution in [1.82, 2.24) is 4.90 Å². The van der Waals surface area contributed by atoms with Crippen LogP contribution in [0.5, 0.6) is 5.75 Å². The molecular formula is C22H24N2O2S. The Hall–Kier alpha value is -2.92. The van der Waals surface area contributed by atoms with Crippen molar-refractivity contribution in [3.8, 4) is 5.75 Å². The average Bonchev–Trinajstić information content (AvgIpc) is 2.65. The van der Waals surface area contributed by atoms with E-state index >= 15 is 0 Å². The Morgan fingerprint density at radius 2 is 1.74 bits per heavy atom. The first-order valence-electron chi connectivity index (χ1n) is 8.62. The van der Waals surface area contributed by atoms with E-state index in [0.29, 0.717) is 29.6 Å². The van der Waals surface area contributed by atoms with E-state index in [1.807, 2.05) is 36.9 Å². The first kappa shape index (κ1) is 20.4. The average molecular weight is 381 g/mol. The third kappa shape index (κ3) is 5.53. The van der Waals surface area contributed by atoms with Crippen LogP contribution in [0, 0.1) is 13.8 Å². The SMILES string of the molecule is C=CCN(CC=C)C(=S)Oc1ccc(C(=O)Nc2cccc(C)c2C)cc1. The number of anilines is 1. The standard InChI is InChI=1S/C22H24N2O2S/c1-5-14-24(15-6-2)22(27)26-19-12-10-18(11-13-19)21(25)23-20-9-7-8-16(3)17(20)4/h5-13H,1-2,14-15H2,3-4H3,(H,23,25). The Balaban J connectivity index is 2.04. The van der Waals surface area contributed by atoms with Crippen molar-refractivity contribution in [2.24, 2.45) is 0 Å². The number of amides is 1. The summed E-state index contributed by atoms with van der Waals surface area (Å²) in [6.07, 6.45) is 3.50. The zero-order valence-corrected chi connectivity index (χ0v) is 16.5. The highest BCUT2D eigenvalue weighted by Crippen LogP contribution is 2.20. The number of hydrogen-bond acceptors (Lipinski definition) is 3. The molecule has 0 aliphatic heterocycles. The normalized spacial score (nSPS) is 10.0. The van der Waals surface area contributed by atoms with Crippen LogP contribution >= 0.6 is 12.2 Å². The Morgan fingerprint density at radius 3 is 2.33 bits per heavy atom. The lowest BCUT2D eigenvalue weighted by atomic mass is 10.1. The second kappa shape index (κ2) is 9.69. The quantitative estimate of drug-likeness (QED) is 0.548. The second-order valence-electron chi connectivity index (χ2n) is 6.08. The van der Waals surface area contributed by atoms with Gasteiger partial charge in [0.15, 0.2) is 0 Å². The maximum Gasteiger partial charge on any atom is 0.265 e. The first-order valence-corrected chi connectivity index (χ1v) is 9.03. The van der Waals surface area contributed by atoms with E-state index in [2.05, 4.69) is 18.5 Å². The Kier molecular flexibility index (Phi) is 7.32. The van der Waals surface area contributed by atoms with Gasteiger partial charge in [-0.25, -0.2) is 0 Å². The Labute approximate surface area is 166 Å². The van der Waals surface area contributed by atoms with Gasteiger partial charge in [0, 0.05) is 24.3 Å². The van der Waals surface area contributed by atoms with Gasteiger partial charge < -0.3 is 15.0 Å². The summed E-state index contributed by atoms with van der Waals surface area (Å²) in [5, 5.41) is 3.28. The Bertz CT molecular complexity index is 834. The van der Waals surface area contributed by atoms with E-state index in [1.165, 1.54) is 0 Å². The third-order valence-corrected chi connectivity index (χ3v) is 4.47. The highest BCUT2D eigenvalue weighted by Gasteiger charge is 2.11. The van der Waals surface area contributed by atoms with Crippen LogP contribution in [0.2, 0.25) is 0 Å². The summed E-state index contributed by atoms with van der Waals surface area (Å²) in [6.45, 7) is 12.6. The second-order valence-corrected chi connectivity index (χ2v) is 6.43. The zero-order valence-electron chi connectivity index (χ0n) is 15.7. The number of nitrogens with zero attached hydrogens (tertiary/aromatic N) is 1. The molecule has 0 heterocycles. The van der Waals surface area contributed by atoms with Crippen LogP contribution in [0.15, 0.2) is 67.8 Å². The molecule has 0 radical (unpaired) electrons. The lowest BCUT2D eigenvalue weighted by molar-refractivity contribution is 0.102. The number of benzene rings is 2. The summed E-state index contributed by atoms with van der Waals surface area (Å²) in [4.78, 5) is 14.3. The molecule has 27 heavy (non-hydrogen) atoms. The highest BCUT2D eigenvalue weighted by molar-refractivity contribution is 7.80. The minimum Gasteiger partial charge on any atom is -0.432 e. The van der Waals surface area contributed by atoms with Crippen molar-refractivity contribution in [2.45, 2.75) is 13.8 Å². The Morgan fingerprint density at radius 1 is 1.11 bits per heavy atom. The van der Waals surface area contributed by atoms with Gasteiger partial charge >= 0.3 is 0 Å². The molecule has 5 heteroatoms. The molecule has 0 unspecified atom stereocenters. The van der Waals surface area contributed by atoms with E-state index in [-0.39, 0.29) is 5.91 Å². The molecular weight excluding hydrogens is 356 g/mol. The predicted octanol–water partition coefficient (Wildman–Crippen LogP) is 4.89. The van der Waals surface area contributed by atoms with Gasteiger partial charge in [-0.15, -0.1) is 13.2 Å². The van der Waals surface area contributed by atoms with Gasteiger partial charge in [0.25, 0.3) is 11.1 Å². The van der Waals surface area contributed by atoms with E-state index in [1.54, 1.807) is 36.4 Å². The molecule has 1 amide bonds. The van der Waals surface area contributed by atoms with Crippen molar-refractivity contribution in [3.05, 3.63) is 84.5 Å². The molecule has 0 spiro atoms. The van der Waals surface area contributed by atoms with Gasteiger partial charge in [0.1, 0.15) is 5.75 Å². The number of carbonyl (C=O) groups is 1. The minimum atomic E-state index is -0.169. The molecule has 0 saturated carbocycles. The van der Waals surface area contributed by atoms with Crippen LogP contribution in [-0.4, -0.2) is 29.1 Å². The molecule has 0 aliphatic rings. The molecule has 140 valence electrons.